The molecule has 0 rings (SSSR count). The molecule has 0 aromatic heterocycles. The molecule has 23 heavy (non-hydrogen) atoms. The Kier molecular flexibility index (Phi) is 7.93. The van der Waals surface area contributed by atoms with Gasteiger partial charge in [0.2, 0.25) is 0 Å². The molecule has 2 nitrogen and oxygen atoms in total. The first-order valence-corrected chi connectivity index (χ1v) is 6.40. The van der Waals surface area contributed by atoms with Gasteiger partial charge in [-0.2, -0.15) is 52.7 Å². The van der Waals surface area contributed by atoms with Crippen LogP contribution in [-0.2, 0) is 11.1 Å². The zero-order valence-electron chi connectivity index (χ0n) is 10.1. The van der Waals surface area contributed by atoms with Crippen LogP contribution in [0.2, 0.25) is 0 Å². The van der Waals surface area contributed by atoms with E-state index in [1.807, 2.05) is 0 Å². The van der Waals surface area contributed by atoms with Gasteiger partial charge in [0, 0.05) is 33.7 Å². The molecule has 0 aliphatic carbocycles. The van der Waals surface area contributed by atoms with E-state index in [-0.39, 0.29) is 29.6 Å². The topological polar surface area (TPSA) is 40.1 Å². The molecule has 134 valence electrons. The summed E-state index contributed by atoms with van der Waals surface area (Å²) in [7, 11) is 0. The van der Waals surface area contributed by atoms with Crippen LogP contribution in [0.3, 0.4) is 0 Å². The average molecular weight is 514 g/mol. The minimum atomic E-state index is -7.85. The predicted octanol–water partition coefficient (Wildman–Crippen LogP) is 1.03. The van der Waals surface area contributed by atoms with E-state index >= 15 is 0 Å². The maximum Gasteiger partial charge on any atom is 1.00 e. The maximum absolute atomic E-state index is 12.8. The van der Waals surface area contributed by atoms with Gasteiger partial charge < -0.3 is 4.55 Å². The molecule has 0 saturated heterocycles. The van der Waals surface area contributed by atoms with Gasteiger partial charge in [0.05, 0.1) is 0 Å². The van der Waals surface area contributed by atoms with Gasteiger partial charge >= 0.3 is 62.4 Å². The second kappa shape index (κ2) is 6.96. The summed E-state index contributed by atoms with van der Waals surface area (Å²) in [6, 6.07) is 0. The van der Waals surface area contributed by atoms with Crippen molar-refractivity contribution in [3.05, 3.63) is 0 Å². The Labute approximate surface area is 157 Å². The molecular weight excluding hydrogens is 514 g/mol. The molecule has 17 heteroatoms. The fourth-order valence-corrected chi connectivity index (χ4v) is 1.54. The molecule has 1 atom stereocenters. The van der Waals surface area contributed by atoms with Gasteiger partial charge in [-0.25, -0.2) is 0 Å². The molecule has 0 bridgehead atoms. The van der Waals surface area contributed by atoms with Crippen LogP contribution in [0.5, 0.6) is 0 Å². The van der Waals surface area contributed by atoms with Gasteiger partial charge in [-0.1, -0.05) is 0 Å². The SMILES string of the molecule is O=S([O-])C(F)(F)C(F)(F)C(F)(F)C(F)(F)C(F)(F)C(F)(F)I.[Na+]. The van der Waals surface area contributed by atoms with E-state index < -0.39 is 66.5 Å². The summed E-state index contributed by atoms with van der Waals surface area (Å²) >= 11 is -6.26. The van der Waals surface area contributed by atoms with Crippen molar-refractivity contribution in [3.8, 4) is 0 Å². The van der Waals surface area contributed by atoms with Gasteiger partial charge in [0.25, 0.3) is 0 Å². The molecule has 0 fully saturated rings. The van der Waals surface area contributed by atoms with E-state index in [4.69, 9.17) is 0 Å². The quantitative estimate of drug-likeness (QED) is 0.175. The third kappa shape index (κ3) is 3.75. The number of hydrogen-bond donors (Lipinski definition) is 0. The van der Waals surface area contributed by atoms with Crippen molar-refractivity contribution < 1.29 is 91.0 Å². The Morgan fingerprint density at radius 3 is 1.13 bits per heavy atom. The summed E-state index contributed by atoms with van der Waals surface area (Å²) in [6.07, 6.45) is 0. The van der Waals surface area contributed by atoms with Crippen molar-refractivity contribution in [2.75, 3.05) is 0 Å². The summed E-state index contributed by atoms with van der Waals surface area (Å²) in [5.41, 5.74) is 0. The molecule has 1 unspecified atom stereocenters. The van der Waals surface area contributed by atoms with E-state index in [2.05, 4.69) is 0 Å². The third-order valence-electron chi connectivity index (χ3n) is 2.11. The van der Waals surface area contributed by atoms with Crippen molar-refractivity contribution in [3.63, 3.8) is 0 Å². The van der Waals surface area contributed by atoms with Crippen LogP contribution < -0.4 is 29.6 Å². The van der Waals surface area contributed by atoms with Gasteiger partial charge in [0.15, 0.2) is 0 Å². The van der Waals surface area contributed by atoms with Crippen LogP contribution in [0.4, 0.5) is 52.7 Å². The Hall–Kier alpha value is 1.000. The van der Waals surface area contributed by atoms with E-state index in [1.54, 1.807) is 0 Å². The Bertz CT molecular complexity index is 463. The smallest absolute Gasteiger partial charge is 0.768 e. The van der Waals surface area contributed by atoms with Crippen LogP contribution in [0, 0.1) is 0 Å². The third-order valence-corrected chi connectivity index (χ3v) is 3.47. The molecule has 0 amide bonds. The monoisotopic (exact) mass is 514 g/mol. The van der Waals surface area contributed by atoms with E-state index in [0.29, 0.717) is 0 Å². The van der Waals surface area contributed by atoms with Gasteiger partial charge in [-0.15, -0.1) is 0 Å². The Morgan fingerprint density at radius 1 is 0.652 bits per heavy atom. The van der Waals surface area contributed by atoms with E-state index in [9.17, 15) is 61.4 Å². The normalized spacial score (nSPS) is 16.8. The zero-order valence-corrected chi connectivity index (χ0v) is 15.1. The first kappa shape index (κ1) is 26.2. The molecule has 0 spiro atoms. The molecule has 0 saturated carbocycles. The molecule has 0 aliphatic heterocycles. The van der Waals surface area contributed by atoms with Crippen LogP contribution >= 0.6 is 22.6 Å². The van der Waals surface area contributed by atoms with Crippen LogP contribution in [0.1, 0.15) is 0 Å². The van der Waals surface area contributed by atoms with Crippen molar-refractivity contribution in [1.82, 2.24) is 0 Å². The van der Waals surface area contributed by atoms with E-state index in [0.717, 1.165) is 0 Å². The standard InChI is InChI=1S/C6HF12IO2S.Na/c7-1(8,3(11,12)5(15,16)19)2(9,10)4(13,14)6(17,18)22(20)21;/h(H,20,21);/q;+1/p-1. The van der Waals surface area contributed by atoms with Gasteiger partial charge in [0.1, 0.15) is 0 Å². The second-order valence-corrected chi connectivity index (χ2v) is 5.88. The number of rotatable bonds is 6. The molecule has 0 aromatic rings. The summed E-state index contributed by atoms with van der Waals surface area (Å²) in [5, 5.41) is -6.95. The summed E-state index contributed by atoms with van der Waals surface area (Å²) in [5.74, 6) is -30.4. The molecule has 0 aliphatic rings. The first-order chi connectivity index (χ1) is 9.19. The van der Waals surface area contributed by atoms with Gasteiger partial charge in [-0.3, -0.25) is 4.21 Å². The fourth-order valence-electron chi connectivity index (χ4n) is 0.860. The predicted molar refractivity (Wildman–Crippen MR) is 52.6 cm³/mol. The van der Waals surface area contributed by atoms with Crippen molar-refractivity contribution in [1.29, 1.82) is 0 Å². The average Bonchev–Trinajstić information content (AvgIpc) is 2.25. The minimum absolute atomic E-state index is 0. The van der Waals surface area contributed by atoms with Gasteiger partial charge in [-0.05, 0) is 0 Å². The molecule has 0 heterocycles. The summed E-state index contributed by atoms with van der Waals surface area (Å²) < 4.78 is 164. The molecule has 0 aromatic carbocycles. The zero-order chi connectivity index (χ0) is 18.6. The molecule has 0 N–H and O–H groups in total. The maximum atomic E-state index is 12.8. The van der Waals surface area contributed by atoms with Crippen LogP contribution in [0.25, 0.3) is 0 Å². The fraction of sp³-hybridized carbons (Fsp3) is 1.00. The van der Waals surface area contributed by atoms with Crippen molar-refractivity contribution in [2.45, 2.75) is 32.9 Å². The number of halogens is 13. The second-order valence-electron chi connectivity index (χ2n) is 3.55. The summed E-state index contributed by atoms with van der Waals surface area (Å²) in [6.45, 7) is 0. The largest absolute Gasteiger partial charge is 1.00 e. The van der Waals surface area contributed by atoms with Crippen molar-refractivity contribution >= 4 is 33.7 Å². The molecular formula is C6F12INaO2S. The van der Waals surface area contributed by atoms with Crippen molar-refractivity contribution in [2.24, 2.45) is 0 Å². The molecule has 0 radical (unpaired) electrons. The number of alkyl halides is 13. The summed E-state index contributed by atoms with van der Waals surface area (Å²) in [4.78, 5) is 0. The van der Waals surface area contributed by atoms with E-state index in [1.165, 1.54) is 0 Å². The number of hydrogen-bond acceptors (Lipinski definition) is 2. The minimum Gasteiger partial charge on any atom is -0.768 e. The van der Waals surface area contributed by atoms with Crippen LogP contribution in [-0.4, -0.2) is 41.6 Å². The first-order valence-electron chi connectivity index (χ1n) is 4.24. The Balaban J connectivity index is 0. The van der Waals surface area contributed by atoms with Crippen LogP contribution in [0.15, 0.2) is 0 Å². The Morgan fingerprint density at radius 2 is 0.913 bits per heavy atom.